The molecule has 24 heavy (non-hydrogen) atoms. The summed E-state index contributed by atoms with van der Waals surface area (Å²) in [4.78, 5) is 28.3. The Hall–Kier alpha value is -2.06. The number of hydrogen-bond donors (Lipinski definition) is 3. The number of nitrogens with zero attached hydrogens (tertiary/aromatic N) is 2. The lowest BCUT2D eigenvalue weighted by Gasteiger charge is -2.11. The number of hydrazine groups is 1. The van der Waals surface area contributed by atoms with Crippen LogP contribution >= 0.6 is 23.4 Å². The Morgan fingerprint density at radius 1 is 1.25 bits per heavy atom. The summed E-state index contributed by atoms with van der Waals surface area (Å²) >= 11 is 7.03. The van der Waals surface area contributed by atoms with Crippen molar-refractivity contribution in [3.05, 3.63) is 40.7 Å². The Morgan fingerprint density at radius 3 is 2.62 bits per heavy atom. The zero-order valence-corrected chi connectivity index (χ0v) is 15.0. The van der Waals surface area contributed by atoms with Crippen LogP contribution < -0.4 is 10.9 Å². The second kappa shape index (κ2) is 8.16. The number of carbonyl (C=O) groups excluding carboxylic acids is 2. The monoisotopic (exact) mass is 367 g/mol. The third-order valence-corrected chi connectivity index (χ3v) is 4.26. The molecule has 128 valence electrons. The van der Waals surface area contributed by atoms with Crippen LogP contribution in [0.4, 0.5) is 0 Å². The van der Waals surface area contributed by atoms with Crippen LogP contribution in [0.1, 0.15) is 42.9 Å². The van der Waals surface area contributed by atoms with Crippen LogP contribution in [0.15, 0.2) is 29.4 Å². The van der Waals surface area contributed by atoms with Crippen LogP contribution in [-0.4, -0.2) is 32.2 Å². The molecule has 1 aromatic carbocycles. The average Bonchev–Trinajstić information content (AvgIpc) is 3.01. The molecule has 3 N–H and O–H groups in total. The summed E-state index contributed by atoms with van der Waals surface area (Å²) in [6.45, 7) is 5.70. The van der Waals surface area contributed by atoms with Gasteiger partial charge in [0.05, 0.1) is 5.25 Å². The van der Waals surface area contributed by atoms with Crippen molar-refractivity contribution in [3.8, 4) is 0 Å². The summed E-state index contributed by atoms with van der Waals surface area (Å²) in [5.41, 5.74) is 5.10. The molecule has 2 rings (SSSR count). The summed E-state index contributed by atoms with van der Waals surface area (Å²) in [5.74, 6) is 0.196. The van der Waals surface area contributed by atoms with E-state index in [9.17, 15) is 9.59 Å². The fourth-order valence-electron chi connectivity index (χ4n) is 1.70. The molecule has 0 aliphatic carbocycles. The number of H-pyrrole nitrogens is 1. The Morgan fingerprint density at radius 2 is 2.00 bits per heavy atom. The third kappa shape index (κ3) is 4.97. The van der Waals surface area contributed by atoms with Crippen molar-refractivity contribution in [2.45, 2.75) is 37.1 Å². The van der Waals surface area contributed by atoms with Crippen LogP contribution in [0.3, 0.4) is 0 Å². The molecular weight excluding hydrogens is 350 g/mol. The van der Waals surface area contributed by atoms with Gasteiger partial charge >= 0.3 is 0 Å². The van der Waals surface area contributed by atoms with E-state index >= 15 is 0 Å². The molecule has 0 saturated carbocycles. The largest absolute Gasteiger partial charge is 0.272 e. The molecule has 0 aliphatic rings. The number of benzene rings is 1. The molecule has 1 unspecified atom stereocenters. The van der Waals surface area contributed by atoms with Crippen molar-refractivity contribution in [1.82, 2.24) is 26.0 Å². The van der Waals surface area contributed by atoms with E-state index in [2.05, 4.69) is 26.0 Å². The maximum absolute atomic E-state index is 12.1. The standard InChI is InChI=1S/C15H18ClN5O2S/c1-8(2)12-17-15(21-18-12)24-9(3)13(22)19-20-14(23)10-5-4-6-11(16)7-10/h4-9H,1-3H3,(H,19,22)(H,20,23)(H,17,18,21). The van der Waals surface area contributed by atoms with Crippen molar-refractivity contribution >= 4 is 35.2 Å². The van der Waals surface area contributed by atoms with Crippen molar-refractivity contribution in [1.29, 1.82) is 0 Å². The maximum Gasteiger partial charge on any atom is 0.269 e. The Labute approximate surface area is 148 Å². The van der Waals surface area contributed by atoms with Gasteiger partial charge in [-0.05, 0) is 25.1 Å². The van der Waals surface area contributed by atoms with E-state index in [1.54, 1.807) is 25.1 Å². The molecule has 0 aliphatic heterocycles. The van der Waals surface area contributed by atoms with Gasteiger partial charge in [0.15, 0.2) is 0 Å². The number of hydrogen-bond acceptors (Lipinski definition) is 5. The minimum Gasteiger partial charge on any atom is -0.272 e. The highest BCUT2D eigenvalue weighted by molar-refractivity contribution is 8.00. The van der Waals surface area contributed by atoms with Gasteiger partial charge in [-0.25, -0.2) is 4.98 Å². The Bertz CT molecular complexity index is 734. The van der Waals surface area contributed by atoms with Gasteiger partial charge < -0.3 is 0 Å². The van der Waals surface area contributed by atoms with E-state index in [1.165, 1.54) is 17.8 Å². The summed E-state index contributed by atoms with van der Waals surface area (Å²) < 4.78 is 0. The van der Waals surface area contributed by atoms with Crippen LogP contribution in [0, 0.1) is 0 Å². The highest BCUT2D eigenvalue weighted by Crippen LogP contribution is 2.20. The van der Waals surface area contributed by atoms with Crippen molar-refractivity contribution in [3.63, 3.8) is 0 Å². The zero-order chi connectivity index (χ0) is 17.7. The zero-order valence-electron chi connectivity index (χ0n) is 13.5. The molecule has 0 spiro atoms. The summed E-state index contributed by atoms with van der Waals surface area (Å²) in [5, 5.41) is 7.35. The third-order valence-electron chi connectivity index (χ3n) is 3.07. The van der Waals surface area contributed by atoms with Gasteiger partial charge in [0.25, 0.3) is 11.8 Å². The fourth-order valence-corrected chi connectivity index (χ4v) is 2.62. The predicted molar refractivity (Wildman–Crippen MR) is 92.9 cm³/mol. The van der Waals surface area contributed by atoms with Gasteiger partial charge in [0, 0.05) is 16.5 Å². The van der Waals surface area contributed by atoms with Crippen LogP contribution in [-0.2, 0) is 4.79 Å². The van der Waals surface area contributed by atoms with E-state index in [1.807, 2.05) is 13.8 Å². The lowest BCUT2D eigenvalue weighted by Crippen LogP contribution is -2.44. The molecule has 0 bridgehead atoms. The average molecular weight is 368 g/mol. The maximum atomic E-state index is 12.1. The van der Waals surface area contributed by atoms with Gasteiger partial charge in [-0.2, -0.15) is 0 Å². The van der Waals surface area contributed by atoms with Gasteiger partial charge in [-0.1, -0.05) is 43.3 Å². The second-order valence-electron chi connectivity index (χ2n) is 5.37. The Balaban J connectivity index is 1.86. The van der Waals surface area contributed by atoms with Crippen LogP contribution in [0.5, 0.6) is 0 Å². The number of nitrogens with one attached hydrogen (secondary N) is 3. The molecular formula is C15H18ClN5O2S. The van der Waals surface area contributed by atoms with E-state index in [0.717, 1.165) is 5.82 Å². The van der Waals surface area contributed by atoms with E-state index in [0.29, 0.717) is 15.7 Å². The quantitative estimate of drug-likeness (QED) is 0.557. The lowest BCUT2D eigenvalue weighted by molar-refractivity contribution is -0.121. The van der Waals surface area contributed by atoms with Gasteiger partial charge in [0.2, 0.25) is 5.16 Å². The number of aromatic amines is 1. The number of aromatic nitrogens is 3. The van der Waals surface area contributed by atoms with E-state index in [4.69, 9.17) is 11.6 Å². The van der Waals surface area contributed by atoms with Crippen molar-refractivity contribution < 1.29 is 9.59 Å². The predicted octanol–water partition coefficient (Wildman–Crippen LogP) is 2.52. The van der Waals surface area contributed by atoms with Crippen molar-refractivity contribution in [2.75, 3.05) is 0 Å². The molecule has 2 amide bonds. The molecule has 1 heterocycles. The summed E-state index contributed by atoms with van der Waals surface area (Å²) in [6.07, 6.45) is 0. The molecule has 0 fully saturated rings. The lowest BCUT2D eigenvalue weighted by atomic mass is 10.2. The van der Waals surface area contributed by atoms with Crippen LogP contribution in [0.25, 0.3) is 0 Å². The topological polar surface area (TPSA) is 99.8 Å². The molecule has 0 radical (unpaired) electrons. The molecule has 7 nitrogen and oxygen atoms in total. The first-order valence-corrected chi connectivity index (χ1v) is 8.57. The first kappa shape index (κ1) is 18.3. The summed E-state index contributed by atoms with van der Waals surface area (Å²) in [7, 11) is 0. The number of halogens is 1. The highest BCUT2D eigenvalue weighted by atomic mass is 35.5. The summed E-state index contributed by atoms with van der Waals surface area (Å²) in [6, 6.07) is 6.44. The molecule has 2 aromatic rings. The number of rotatable bonds is 5. The molecule has 9 heteroatoms. The van der Waals surface area contributed by atoms with Gasteiger partial charge in [0.1, 0.15) is 5.82 Å². The Kier molecular flexibility index (Phi) is 6.22. The number of thioether (sulfide) groups is 1. The normalized spacial score (nSPS) is 12.0. The molecule has 0 saturated heterocycles. The first-order valence-electron chi connectivity index (χ1n) is 7.31. The number of amides is 2. The van der Waals surface area contributed by atoms with E-state index in [-0.39, 0.29) is 11.8 Å². The molecule has 1 aromatic heterocycles. The van der Waals surface area contributed by atoms with Gasteiger partial charge in [-0.3, -0.25) is 25.5 Å². The first-order chi connectivity index (χ1) is 11.4. The fraction of sp³-hybridized carbons (Fsp3) is 0.333. The second-order valence-corrected chi connectivity index (χ2v) is 7.12. The SMILES string of the molecule is CC(Sc1n[nH]c(C(C)C)n1)C(=O)NNC(=O)c1cccc(Cl)c1. The highest BCUT2D eigenvalue weighted by Gasteiger charge is 2.18. The molecule has 1 atom stereocenters. The van der Waals surface area contributed by atoms with Gasteiger partial charge in [-0.15, -0.1) is 5.10 Å². The smallest absolute Gasteiger partial charge is 0.269 e. The minimum absolute atomic E-state index is 0.230. The van der Waals surface area contributed by atoms with Crippen LogP contribution in [0.2, 0.25) is 5.02 Å². The van der Waals surface area contributed by atoms with E-state index < -0.39 is 11.2 Å². The minimum atomic E-state index is -0.472. The number of carbonyl (C=O) groups is 2. The van der Waals surface area contributed by atoms with Crippen molar-refractivity contribution in [2.24, 2.45) is 0 Å².